The Labute approximate surface area is 109 Å². The van der Waals surface area contributed by atoms with Gasteiger partial charge >= 0.3 is 24.6 Å². The number of hydrogen-bond acceptors (Lipinski definition) is 8. The van der Waals surface area contributed by atoms with Crippen molar-refractivity contribution < 1.29 is 58.6 Å². The van der Waals surface area contributed by atoms with Gasteiger partial charge in [0.2, 0.25) is 0 Å². The number of rotatable bonds is 6. The van der Waals surface area contributed by atoms with Gasteiger partial charge in [0.05, 0.1) is 0 Å². The third kappa shape index (κ3) is 7.99. The number of carboxylic acid groups (broad SMARTS) is 4. The molecule has 112 valence electrons. The Morgan fingerprint density at radius 2 is 0.900 bits per heavy atom. The first-order valence-electron chi connectivity index (χ1n) is 4.47. The van der Waals surface area contributed by atoms with Gasteiger partial charge in [-0.15, -0.1) is 0 Å². The van der Waals surface area contributed by atoms with Gasteiger partial charge in [0, 0.05) is 0 Å². The van der Waals surface area contributed by atoms with Crippen LogP contribution in [-0.2, 0) is 18.9 Å². The van der Waals surface area contributed by atoms with Crippen LogP contribution in [-0.4, -0.2) is 58.3 Å². The van der Waals surface area contributed by atoms with Crippen molar-refractivity contribution in [3.8, 4) is 0 Å². The molecule has 0 saturated carbocycles. The van der Waals surface area contributed by atoms with Crippen LogP contribution < -0.4 is 0 Å². The van der Waals surface area contributed by atoms with Gasteiger partial charge in [0.1, 0.15) is 0 Å². The van der Waals surface area contributed by atoms with E-state index in [1.807, 2.05) is 0 Å². The van der Waals surface area contributed by atoms with Crippen LogP contribution >= 0.6 is 0 Å². The van der Waals surface area contributed by atoms with Crippen molar-refractivity contribution in [1.82, 2.24) is 0 Å². The average Bonchev–Trinajstić information content (AvgIpc) is 2.28. The molecular formula is C8H8O12. The normalized spacial score (nSPS) is 10.8. The smallest absolute Gasteiger partial charge is 0.450 e. The molecule has 0 unspecified atom stereocenters. The van der Waals surface area contributed by atoms with Gasteiger partial charge in [-0.3, -0.25) is 0 Å². The first kappa shape index (κ1) is 16.8. The number of carbonyl (C=O) groups is 4. The molecule has 0 aliphatic carbocycles. The van der Waals surface area contributed by atoms with Crippen LogP contribution in [0.15, 0.2) is 11.5 Å². The van der Waals surface area contributed by atoms with E-state index in [-0.39, 0.29) is 0 Å². The Morgan fingerprint density at radius 3 is 1.10 bits per heavy atom. The van der Waals surface area contributed by atoms with E-state index in [1.54, 1.807) is 0 Å². The first-order chi connectivity index (χ1) is 9.22. The summed E-state index contributed by atoms with van der Waals surface area (Å²) in [4.78, 5) is 41.1. The zero-order chi connectivity index (χ0) is 15.7. The van der Waals surface area contributed by atoms with Gasteiger partial charge in [0.15, 0.2) is 24.7 Å². The monoisotopic (exact) mass is 296 g/mol. The molecule has 12 nitrogen and oxygen atoms in total. The molecule has 0 radical (unpaired) electrons. The summed E-state index contributed by atoms with van der Waals surface area (Å²) in [6.07, 6.45) is -7.50. The predicted molar refractivity (Wildman–Crippen MR) is 53.2 cm³/mol. The Hall–Kier alpha value is -3.18. The molecule has 20 heavy (non-hydrogen) atoms. The summed E-state index contributed by atoms with van der Waals surface area (Å²) in [6, 6.07) is 0. The van der Waals surface area contributed by atoms with Crippen LogP contribution in [0.5, 0.6) is 0 Å². The van der Waals surface area contributed by atoms with E-state index in [1.165, 1.54) is 0 Å². The molecule has 0 bridgehead atoms. The molecule has 0 aromatic rings. The van der Waals surface area contributed by atoms with E-state index in [4.69, 9.17) is 20.4 Å². The summed E-state index contributed by atoms with van der Waals surface area (Å²) in [5.41, 5.74) is 0. The molecule has 0 amide bonds. The summed E-state index contributed by atoms with van der Waals surface area (Å²) in [5.74, 6) is -1.80. The van der Waals surface area contributed by atoms with Gasteiger partial charge < -0.3 is 39.4 Å². The van der Waals surface area contributed by atoms with Gasteiger partial charge in [-0.2, -0.15) is 0 Å². The highest BCUT2D eigenvalue weighted by molar-refractivity contribution is 5.62. The van der Waals surface area contributed by atoms with E-state index in [9.17, 15) is 19.2 Å². The average molecular weight is 296 g/mol. The summed E-state index contributed by atoms with van der Waals surface area (Å²) < 4.78 is 16.0. The number of ether oxygens (including phenoxy) is 4. The predicted octanol–water partition coefficient (Wildman–Crippen LogP) is 0.976. The topological polar surface area (TPSA) is 186 Å². The maximum Gasteiger partial charge on any atom is 0.511 e. The second-order valence-corrected chi connectivity index (χ2v) is 2.69. The third-order valence-corrected chi connectivity index (χ3v) is 1.39. The van der Waals surface area contributed by atoms with Crippen LogP contribution in [0, 0.1) is 0 Å². The molecule has 0 aliphatic rings. The summed E-state index contributed by atoms with van der Waals surface area (Å²) in [6.45, 7) is -2.07. The fraction of sp³-hybridized carbons (Fsp3) is 0.250. The largest absolute Gasteiger partial charge is 0.511 e. The lowest BCUT2D eigenvalue weighted by Gasteiger charge is -2.11. The lowest BCUT2D eigenvalue weighted by atomic mass is 10.4. The van der Waals surface area contributed by atoms with Crippen LogP contribution in [0.3, 0.4) is 0 Å². The standard InChI is InChI=1S/C8H8O12/c9-5(10)17-1-3(19-7(13)14)4(20-8(15)16)2-18-6(11)12/h1-2H2,(H,9,10)(H,11,12)(H,13,14)(H,15,16). The summed E-state index contributed by atoms with van der Waals surface area (Å²) in [5, 5.41) is 33.3. The van der Waals surface area contributed by atoms with E-state index >= 15 is 0 Å². The molecule has 0 heterocycles. The second kappa shape index (κ2) is 8.02. The second-order valence-electron chi connectivity index (χ2n) is 2.69. The van der Waals surface area contributed by atoms with Crippen molar-refractivity contribution in [2.45, 2.75) is 0 Å². The molecule has 0 aliphatic heterocycles. The Kier molecular flexibility index (Phi) is 6.74. The highest BCUT2D eigenvalue weighted by Gasteiger charge is 2.20. The SMILES string of the molecule is O=C(O)OCC(OC(=O)O)=C(COC(=O)O)OC(=O)O. The fourth-order valence-corrected chi connectivity index (χ4v) is 0.799. The zero-order valence-corrected chi connectivity index (χ0v) is 9.47. The van der Waals surface area contributed by atoms with Crippen LogP contribution in [0.2, 0.25) is 0 Å². The minimum atomic E-state index is -1.93. The van der Waals surface area contributed by atoms with Gasteiger partial charge in [0.25, 0.3) is 0 Å². The van der Waals surface area contributed by atoms with Crippen molar-refractivity contribution in [2.24, 2.45) is 0 Å². The molecule has 0 spiro atoms. The van der Waals surface area contributed by atoms with E-state index < -0.39 is 49.4 Å². The van der Waals surface area contributed by atoms with Gasteiger partial charge in [-0.05, 0) is 0 Å². The molecule has 0 aromatic heterocycles. The van der Waals surface area contributed by atoms with Crippen molar-refractivity contribution in [1.29, 1.82) is 0 Å². The van der Waals surface area contributed by atoms with Crippen LogP contribution in [0.4, 0.5) is 19.2 Å². The van der Waals surface area contributed by atoms with E-state index in [0.717, 1.165) is 0 Å². The number of hydrogen-bond donors (Lipinski definition) is 4. The highest BCUT2D eigenvalue weighted by Crippen LogP contribution is 2.11. The minimum Gasteiger partial charge on any atom is -0.450 e. The Balaban J connectivity index is 5.19. The quantitative estimate of drug-likeness (QED) is 0.309. The molecule has 0 rings (SSSR count). The summed E-state index contributed by atoms with van der Waals surface area (Å²) >= 11 is 0. The molecule has 0 saturated heterocycles. The molecular weight excluding hydrogens is 288 g/mol. The lowest BCUT2D eigenvalue weighted by Crippen LogP contribution is -2.18. The molecule has 0 atom stereocenters. The minimum absolute atomic E-state index is 0.899. The molecule has 0 aromatic carbocycles. The van der Waals surface area contributed by atoms with E-state index in [0.29, 0.717) is 0 Å². The third-order valence-electron chi connectivity index (χ3n) is 1.39. The van der Waals surface area contributed by atoms with Gasteiger partial charge in [-0.25, -0.2) is 19.2 Å². The molecule has 12 heteroatoms. The van der Waals surface area contributed by atoms with Crippen LogP contribution in [0.25, 0.3) is 0 Å². The highest BCUT2D eigenvalue weighted by atomic mass is 16.7. The Morgan fingerprint density at radius 1 is 0.600 bits per heavy atom. The zero-order valence-electron chi connectivity index (χ0n) is 9.47. The van der Waals surface area contributed by atoms with Crippen molar-refractivity contribution >= 4 is 24.6 Å². The lowest BCUT2D eigenvalue weighted by molar-refractivity contribution is 0.0504. The van der Waals surface area contributed by atoms with Crippen molar-refractivity contribution in [2.75, 3.05) is 13.2 Å². The first-order valence-corrected chi connectivity index (χ1v) is 4.47. The van der Waals surface area contributed by atoms with Crippen LogP contribution in [0.1, 0.15) is 0 Å². The van der Waals surface area contributed by atoms with Gasteiger partial charge in [-0.1, -0.05) is 0 Å². The summed E-state index contributed by atoms with van der Waals surface area (Å²) in [7, 11) is 0. The van der Waals surface area contributed by atoms with E-state index in [2.05, 4.69) is 18.9 Å². The maximum absolute atomic E-state index is 10.4. The maximum atomic E-state index is 10.4. The molecule has 4 N–H and O–H groups in total. The Bertz CT molecular complexity index is 395. The fourth-order valence-electron chi connectivity index (χ4n) is 0.799. The molecule has 0 fully saturated rings. The van der Waals surface area contributed by atoms with Crippen molar-refractivity contribution in [3.05, 3.63) is 11.5 Å². The van der Waals surface area contributed by atoms with Crippen molar-refractivity contribution in [3.63, 3.8) is 0 Å².